The van der Waals surface area contributed by atoms with Gasteiger partial charge in [0.2, 0.25) is 0 Å². The molecule has 2 aromatic rings. The summed E-state index contributed by atoms with van der Waals surface area (Å²) >= 11 is 0. The maximum absolute atomic E-state index is 12.6. The summed E-state index contributed by atoms with van der Waals surface area (Å²) in [5, 5.41) is 7.60. The number of aromatic nitrogens is 2. The van der Waals surface area contributed by atoms with Crippen LogP contribution in [0.1, 0.15) is 66.8 Å². The third-order valence-electron chi connectivity index (χ3n) is 4.72. The molecule has 0 aliphatic heterocycles. The van der Waals surface area contributed by atoms with Crippen molar-refractivity contribution in [3.63, 3.8) is 0 Å². The molecule has 0 atom stereocenters. The van der Waals surface area contributed by atoms with Crippen molar-refractivity contribution in [1.29, 1.82) is 0 Å². The number of nitrogens with zero attached hydrogens (tertiary/aromatic N) is 2. The second kappa shape index (κ2) is 7.14. The SMILES string of the molecule is COc1ccc(C)cc1CCNC(=O)c1cc(C2CC2)n(C(C)(C)C)n1. The summed E-state index contributed by atoms with van der Waals surface area (Å²) in [7, 11) is 1.67. The molecule has 5 heteroatoms. The Bertz CT molecular complexity index is 798. The van der Waals surface area contributed by atoms with Crippen LogP contribution in [0.2, 0.25) is 0 Å². The summed E-state index contributed by atoms with van der Waals surface area (Å²) in [6.07, 6.45) is 3.11. The first-order valence-corrected chi connectivity index (χ1v) is 9.31. The number of hydrogen-bond acceptors (Lipinski definition) is 3. The number of carbonyl (C=O) groups excluding carboxylic acids is 1. The number of benzene rings is 1. The van der Waals surface area contributed by atoms with Gasteiger partial charge in [-0.3, -0.25) is 9.48 Å². The first-order valence-electron chi connectivity index (χ1n) is 9.31. The maximum Gasteiger partial charge on any atom is 0.271 e. The van der Waals surface area contributed by atoms with Crippen molar-refractivity contribution in [2.45, 2.75) is 58.4 Å². The zero-order valence-electron chi connectivity index (χ0n) is 16.4. The van der Waals surface area contributed by atoms with E-state index in [1.807, 2.05) is 22.9 Å². The molecule has 0 saturated heterocycles. The van der Waals surface area contributed by atoms with E-state index < -0.39 is 0 Å². The number of ether oxygens (including phenoxy) is 1. The molecule has 1 amide bonds. The molecule has 1 aliphatic carbocycles. The summed E-state index contributed by atoms with van der Waals surface area (Å²) in [4.78, 5) is 12.6. The van der Waals surface area contributed by atoms with Gasteiger partial charge < -0.3 is 10.1 Å². The van der Waals surface area contributed by atoms with Gasteiger partial charge >= 0.3 is 0 Å². The molecule has 1 aromatic carbocycles. The van der Waals surface area contributed by atoms with Gasteiger partial charge in [0.15, 0.2) is 0 Å². The fourth-order valence-electron chi connectivity index (χ4n) is 3.22. The Balaban J connectivity index is 1.67. The quantitative estimate of drug-likeness (QED) is 0.857. The van der Waals surface area contributed by atoms with Crippen LogP contribution in [0.5, 0.6) is 5.75 Å². The Morgan fingerprint density at radius 1 is 1.31 bits per heavy atom. The van der Waals surface area contributed by atoms with Gasteiger partial charge in [-0.25, -0.2) is 0 Å². The lowest BCUT2D eigenvalue weighted by atomic mass is 10.1. The first-order chi connectivity index (χ1) is 12.3. The Labute approximate surface area is 155 Å². The molecule has 0 spiro atoms. The van der Waals surface area contributed by atoms with Crippen molar-refractivity contribution in [2.24, 2.45) is 0 Å². The number of rotatable bonds is 6. The van der Waals surface area contributed by atoms with Crippen molar-refractivity contribution in [3.8, 4) is 5.75 Å². The molecule has 0 unspecified atom stereocenters. The van der Waals surface area contributed by atoms with Crippen molar-refractivity contribution in [3.05, 3.63) is 46.8 Å². The molecular weight excluding hydrogens is 326 g/mol. The third kappa shape index (κ3) is 4.09. The van der Waals surface area contributed by atoms with E-state index >= 15 is 0 Å². The number of amides is 1. The van der Waals surface area contributed by atoms with Crippen LogP contribution in [0, 0.1) is 6.92 Å². The van der Waals surface area contributed by atoms with Crippen molar-refractivity contribution >= 4 is 5.91 Å². The molecule has 1 N–H and O–H groups in total. The van der Waals surface area contributed by atoms with E-state index in [0.717, 1.165) is 17.7 Å². The van der Waals surface area contributed by atoms with E-state index in [4.69, 9.17) is 4.74 Å². The predicted octanol–water partition coefficient (Wildman–Crippen LogP) is 3.81. The summed E-state index contributed by atoms with van der Waals surface area (Å²) in [6, 6.07) is 8.06. The smallest absolute Gasteiger partial charge is 0.271 e. The highest BCUT2D eigenvalue weighted by Crippen LogP contribution is 2.41. The first kappa shape index (κ1) is 18.5. The molecule has 0 bridgehead atoms. The fourth-order valence-corrected chi connectivity index (χ4v) is 3.22. The fraction of sp³-hybridized carbons (Fsp3) is 0.524. The van der Waals surface area contributed by atoms with Crippen molar-refractivity contribution in [1.82, 2.24) is 15.1 Å². The van der Waals surface area contributed by atoms with Crippen LogP contribution in [0.4, 0.5) is 0 Å². The monoisotopic (exact) mass is 355 g/mol. The Hall–Kier alpha value is -2.30. The highest BCUT2D eigenvalue weighted by molar-refractivity contribution is 5.92. The highest BCUT2D eigenvalue weighted by Gasteiger charge is 2.32. The van der Waals surface area contributed by atoms with Crippen LogP contribution < -0.4 is 10.1 Å². The van der Waals surface area contributed by atoms with Gasteiger partial charge in [-0.1, -0.05) is 17.7 Å². The normalized spacial score (nSPS) is 14.3. The standard InChI is InChI=1S/C21H29N3O2/c1-14-6-9-19(26-5)16(12-14)10-11-22-20(25)17-13-18(15-7-8-15)24(23-17)21(2,3)4/h6,9,12-13,15H,7-8,10-11H2,1-5H3,(H,22,25). The van der Waals surface area contributed by atoms with Gasteiger partial charge in [-0.15, -0.1) is 0 Å². The van der Waals surface area contributed by atoms with Crippen molar-refractivity contribution < 1.29 is 9.53 Å². The zero-order valence-corrected chi connectivity index (χ0v) is 16.4. The van der Waals surface area contributed by atoms with E-state index in [9.17, 15) is 4.79 Å². The zero-order chi connectivity index (χ0) is 18.9. The summed E-state index contributed by atoms with van der Waals surface area (Å²) in [5.74, 6) is 1.30. The third-order valence-corrected chi connectivity index (χ3v) is 4.72. The molecular formula is C21H29N3O2. The molecule has 1 aliphatic rings. The average Bonchev–Trinajstić information content (AvgIpc) is 3.31. The van der Waals surface area contributed by atoms with Crippen LogP contribution in [0.25, 0.3) is 0 Å². The summed E-state index contributed by atoms with van der Waals surface area (Å²) in [5.41, 5.74) is 3.86. The maximum atomic E-state index is 12.6. The van der Waals surface area contributed by atoms with Crippen LogP contribution in [0.3, 0.4) is 0 Å². The predicted molar refractivity (Wildman–Crippen MR) is 103 cm³/mol. The average molecular weight is 355 g/mol. The summed E-state index contributed by atoms with van der Waals surface area (Å²) < 4.78 is 7.42. The van der Waals surface area contributed by atoms with Gasteiger partial charge in [-0.05, 0) is 64.7 Å². The molecule has 5 nitrogen and oxygen atoms in total. The Morgan fingerprint density at radius 2 is 2.04 bits per heavy atom. The Kier molecular flexibility index (Phi) is 5.08. The topological polar surface area (TPSA) is 56.1 Å². The lowest BCUT2D eigenvalue weighted by Gasteiger charge is -2.22. The van der Waals surface area contributed by atoms with E-state index in [2.05, 4.69) is 44.2 Å². The molecule has 140 valence electrons. The number of carbonyl (C=O) groups is 1. The van der Waals surface area contributed by atoms with Gasteiger partial charge in [0.05, 0.1) is 12.6 Å². The number of hydrogen-bond donors (Lipinski definition) is 1. The molecule has 0 radical (unpaired) electrons. The van der Waals surface area contributed by atoms with E-state index in [1.54, 1.807) is 7.11 Å². The molecule has 1 fully saturated rings. The van der Waals surface area contributed by atoms with E-state index in [-0.39, 0.29) is 11.4 Å². The van der Waals surface area contributed by atoms with Gasteiger partial charge in [-0.2, -0.15) is 5.10 Å². The number of aryl methyl sites for hydroxylation is 1. The largest absolute Gasteiger partial charge is 0.496 e. The van der Waals surface area contributed by atoms with Crippen LogP contribution >= 0.6 is 0 Å². The highest BCUT2D eigenvalue weighted by atomic mass is 16.5. The molecule has 1 aromatic heterocycles. The molecule has 3 rings (SSSR count). The van der Waals surface area contributed by atoms with Crippen LogP contribution in [-0.2, 0) is 12.0 Å². The molecule has 1 saturated carbocycles. The number of nitrogens with one attached hydrogen (secondary N) is 1. The lowest BCUT2D eigenvalue weighted by molar-refractivity contribution is 0.0947. The van der Waals surface area contributed by atoms with Gasteiger partial charge in [0.25, 0.3) is 5.91 Å². The Morgan fingerprint density at radius 3 is 2.65 bits per heavy atom. The van der Waals surface area contributed by atoms with E-state index in [0.29, 0.717) is 18.2 Å². The second-order valence-corrected chi connectivity index (χ2v) is 8.13. The van der Waals surface area contributed by atoms with E-state index in [1.165, 1.54) is 24.1 Å². The number of methoxy groups -OCH3 is 1. The minimum Gasteiger partial charge on any atom is -0.496 e. The molecule has 1 heterocycles. The van der Waals surface area contributed by atoms with Gasteiger partial charge in [0, 0.05) is 18.2 Å². The van der Waals surface area contributed by atoms with Crippen molar-refractivity contribution in [2.75, 3.05) is 13.7 Å². The van der Waals surface area contributed by atoms with Gasteiger partial charge in [0.1, 0.15) is 11.4 Å². The minimum atomic E-state index is -0.120. The lowest BCUT2D eigenvalue weighted by Crippen LogP contribution is -2.28. The minimum absolute atomic E-state index is 0.110. The second-order valence-electron chi connectivity index (χ2n) is 8.13. The van der Waals surface area contributed by atoms with Crippen LogP contribution in [0.15, 0.2) is 24.3 Å². The summed E-state index contributed by atoms with van der Waals surface area (Å²) in [6.45, 7) is 8.98. The van der Waals surface area contributed by atoms with Crippen LogP contribution in [-0.4, -0.2) is 29.3 Å². The molecule has 26 heavy (non-hydrogen) atoms.